The summed E-state index contributed by atoms with van der Waals surface area (Å²) in [6, 6.07) is 7.61. The molecule has 0 saturated heterocycles. The highest BCUT2D eigenvalue weighted by Gasteiger charge is 2.03. The van der Waals surface area contributed by atoms with Crippen LogP contribution in [0, 0.1) is 53.4 Å². The van der Waals surface area contributed by atoms with Crippen LogP contribution in [0.15, 0.2) is 24.3 Å². The molecule has 0 unspecified atom stereocenters. The lowest BCUT2D eigenvalue weighted by Crippen LogP contribution is -2.14. The molecular weight excluding hydrogens is 332 g/mol. The topological polar surface area (TPSA) is 164 Å². The number of benzene rings is 1. The van der Waals surface area contributed by atoms with Gasteiger partial charge in [0.1, 0.15) is 5.82 Å². The molecule has 0 aliphatic rings. The van der Waals surface area contributed by atoms with E-state index in [0.717, 1.165) is 11.0 Å². The Morgan fingerprint density at radius 3 is 2.46 bits per heavy atom. The van der Waals surface area contributed by atoms with Gasteiger partial charge in [0.25, 0.3) is 0 Å². The first-order valence-electron chi connectivity index (χ1n) is 6.69. The highest BCUT2D eigenvalue weighted by molar-refractivity contribution is 5.79. The number of amides is 1. The quantitative estimate of drug-likeness (QED) is 0.325. The Labute approximate surface area is 153 Å². The first-order chi connectivity index (χ1) is 12.1. The summed E-state index contributed by atoms with van der Waals surface area (Å²) >= 11 is 0. The number of hydrogen-bond acceptors (Lipinski definition) is 3. The summed E-state index contributed by atoms with van der Waals surface area (Å²) in [4.78, 5) is 19.6. The molecule has 1 aromatic carbocycles. The molecule has 0 saturated carbocycles. The van der Waals surface area contributed by atoms with Gasteiger partial charge >= 0.3 is 0 Å². The molecule has 6 N–H and O–H groups in total. The summed E-state index contributed by atoms with van der Waals surface area (Å²) in [5, 5.41) is 0. The molecule has 0 atom stereocenters. The number of nitrogens with two attached hydrogens (primary N) is 1. The van der Waals surface area contributed by atoms with E-state index in [4.69, 9.17) is 23.2 Å². The lowest BCUT2D eigenvalue weighted by molar-refractivity contribution is -0.117. The van der Waals surface area contributed by atoms with Crippen LogP contribution in [0.4, 0.5) is 0 Å². The van der Waals surface area contributed by atoms with Crippen LogP contribution in [0.25, 0.3) is 21.5 Å². The van der Waals surface area contributed by atoms with Gasteiger partial charge in [0.05, 0.1) is 17.5 Å². The molecule has 8 nitrogen and oxygen atoms in total. The number of hydrogen-bond donors (Lipinski definition) is 3. The van der Waals surface area contributed by atoms with Crippen molar-refractivity contribution in [3.05, 3.63) is 40.5 Å². The maximum absolute atomic E-state index is 10.6. The fourth-order valence-electron chi connectivity index (χ4n) is 1.45. The number of aromatic nitrogens is 2. The average molecular weight is 352 g/mol. The largest absolute Gasteiger partial charge is 0.412 e. The van der Waals surface area contributed by atoms with Gasteiger partial charge in [0.2, 0.25) is 5.91 Å². The van der Waals surface area contributed by atoms with Crippen molar-refractivity contribution in [1.82, 2.24) is 9.97 Å². The van der Waals surface area contributed by atoms with Crippen molar-refractivity contribution in [2.45, 2.75) is 13.3 Å². The van der Waals surface area contributed by atoms with Gasteiger partial charge in [-0.2, -0.15) is 0 Å². The molecule has 1 amide bonds. The van der Waals surface area contributed by atoms with Crippen LogP contribution in [0.5, 0.6) is 0 Å². The van der Waals surface area contributed by atoms with Crippen LogP contribution in [-0.4, -0.2) is 21.4 Å². The predicted molar refractivity (Wildman–Crippen MR) is 104 cm³/mol. The average Bonchev–Trinajstić information content (AvgIpc) is 2.97. The van der Waals surface area contributed by atoms with Crippen LogP contribution >= 0.6 is 0 Å². The van der Waals surface area contributed by atoms with Gasteiger partial charge in [0.15, 0.2) is 0 Å². The zero-order chi connectivity index (χ0) is 18.9. The third kappa shape index (κ3) is 11.3. The maximum atomic E-state index is 10.6. The number of carbonyl (C=O) groups excluding carboxylic acids is 1. The van der Waals surface area contributed by atoms with Crippen molar-refractivity contribution < 1.29 is 13.1 Å². The molecule has 0 aliphatic heterocycles. The molecule has 0 spiro atoms. The number of H-pyrrole nitrogens is 1. The van der Waals surface area contributed by atoms with Gasteiger partial charge in [-0.25, -0.2) is 4.98 Å². The maximum Gasteiger partial charge on any atom is 0.225 e. The molecule has 8 heteroatoms. The van der Waals surface area contributed by atoms with Crippen LogP contribution in [0.3, 0.4) is 0 Å². The fraction of sp³-hybridized carbons (Fsp3) is 0.111. The third-order valence-electron chi connectivity index (χ3n) is 2.23. The lowest BCUT2D eigenvalue weighted by Gasteiger charge is -1.87. The molecule has 1 aromatic heterocycles. The van der Waals surface area contributed by atoms with Gasteiger partial charge in [-0.3, -0.25) is 4.79 Å². The summed E-state index contributed by atoms with van der Waals surface area (Å²) in [5.74, 6) is 17.2. The number of nitrogens with zero attached hydrogens (tertiary/aromatic N) is 3. The number of terminal acetylenes is 1. The van der Waals surface area contributed by atoms with E-state index in [-0.39, 0.29) is 20.7 Å². The Hall–Kier alpha value is -4.33. The Kier molecular flexibility index (Phi) is 14.3. The van der Waals surface area contributed by atoms with Crippen molar-refractivity contribution in [2.24, 2.45) is 5.73 Å². The molecule has 0 fully saturated rings. The molecule has 134 valence electrons. The number of primary amides is 1. The molecular formula is C18H20N6O2. The van der Waals surface area contributed by atoms with Crippen LogP contribution in [0.2, 0.25) is 0 Å². The smallest absolute Gasteiger partial charge is 0.225 e. The zero-order valence-electron chi connectivity index (χ0n) is 13.9. The number of rotatable bonds is 2. The minimum atomic E-state index is -0.376. The van der Waals surface area contributed by atoms with Crippen molar-refractivity contribution >= 4 is 16.9 Å². The SMILES string of the molecule is C#CC#CC#CC#CC.NC(=O)Cc1nc2ccccc2[nH]1.O.[HH].[HH].[N-]=[N+]=N. The van der Waals surface area contributed by atoms with Crippen molar-refractivity contribution in [3.63, 3.8) is 0 Å². The number of para-hydroxylation sites is 2. The number of nitrogens with one attached hydrogen (secondary N) is 2. The van der Waals surface area contributed by atoms with E-state index in [1.165, 1.54) is 0 Å². The van der Waals surface area contributed by atoms with Crippen LogP contribution in [0.1, 0.15) is 15.6 Å². The van der Waals surface area contributed by atoms with E-state index >= 15 is 0 Å². The number of carbonyl (C=O) groups is 1. The van der Waals surface area contributed by atoms with Crippen LogP contribution in [-0.2, 0) is 11.2 Å². The van der Waals surface area contributed by atoms with E-state index in [1.807, 2.05) is 24.3 Å². The van der Waals surface area contributed by atoms with E-state index in [9.17, 15) is 4.79 Å². The summed E-state index contributed by atoms with van der Waals surface area (Å²) in [5.41, 5.74) is 19.1. The first-order valence-corrected chi connectivity index (χ1v) is 6.69. The normalized spacial score (nSPS) is 6.77. The molecule has 1 heterocycles. The number of fused-ring (bicyclic) bond motifs is 1. The third-order valence-corrected chi connectivity index (χ3v) is 2.23. The van der Waals surface area contributed by atoms with Gasteiger partial charge < -0.3 is 16.2 Å². The molecule has 0 aliphatic carbocycles. The van der Waals surface area contributed by atoms with Crippen molar-refractivity contribution in [1.29, 1.82) is 5.53 Å². The van der Waals surface area contributed by atoms with E-state index < -0.39 is 0 Å². The number of aromatic amines is 1. The van der Waals surface area contributed by atoms with E-state index in [0.29, 0.717) is 5.82 Å². The Morgan fingerprint density at radius 2 is 1.92 bits per heavy atom. The summed E-state index contributed by atoms with van der Waals surface area (Å²) in [7, 11) is 0. The fourth-order valence-corrected chi connectivity index (χ4v) is 1.45. The Balaban J connectivity index is -0.000000172. The first kappa shape index (κ1) is 23.9. The highest BCUT2D eigenvalue weighted by atomic mass is 16.1. The van der Waals surface area contributed by atoms with Gasteiger partial charge in [-0.15, -0.1) is 12.0 Å². The molecule has 2 aromatic rings. The van der Waals surface area contributed by atoms with E-state index in [1.54, 1.807) is 11.8 Å². The second-order valence-electron chi connectivity index (χ2n) is 3.96. The minimum absolute atomic E-state index is 0. The highest BCUT2D eigenvalue weighted by Crippen LogP contribution is 2.09. The Morgan fingerprint density at radius 1 is 1.35 bits per heavy atom. The van der Waals surface area contributed by atoms with Gasteiger partial charge in [-0.1, -0.05) is 18.1 Å². The molecule has 26 heavy (non-hydrogen) atoms. The summed E-state index contributed by atoms with van der Waals surface area (Å²) < 4.78 is 0. The standard InChI is InChI=1S/C9H9N3O.C9H4.HN3.H2O.2H2/c10-8(13)5-9-11-6-3-1-2-4-7(6)12-9;1-3-5-7-9-8-6-4-2;1-3-2;;;/h1-4H,5H2,(H2,10,13)(H,11,12);1H,2H3;1H;1H2;2*1H. The second-order valence-corrected chi connectivity index (χ2v) is 3.96. The zero-order valence-corrected chi connectivity index (χ0v) is 13.9. The van der Waals surface area contributed by atoms with Crippen molar-refractivity contribution in [2.75, 3.05) is 0 Å². The van der Waals surface area contributed by atoms with Gasteiger partial charge in [-0.05, 0) is 65.0 Å². The molecule has 0 radical (unpaired) electrons. The lowest BCUT2D eigenvalue weighted by atomic mass is 10.3. The molecule has 2 rings (SSSR count). The van der Waals surface area contributed by atoms with Crippen LogP contribution < -0.4 is 5.73 Å². The van der Waals surface area contributed by atoms with Gasteiger partial charge in [0, 0.05) is 2.85 Å². The summed E-state index contributed by atoms with van der Waals surface area (Å²) in [6.45, 7) is 1.71. The number of imidazole rings is 1. The Bertz CT molecular complexity index is 953. The van der Waals surface area contributed by atoms with Crippen molar-refractivity contribution in [3.8, 4) is 47.9 Å². The molecule has 0 bridgehead atoms. The monoisotopic (exact) mass is 352 g/mol. The minimum Gasteiger partial charge on any atom is -0.412 e. The second kappa shape index (κ2) is 15.6. The van der Waals surface area contributed by atoms with E-state index in [2.05, 4.69) is 51.4 Å². The summed E-state index contributed by atoms with van der Waals surface area (Å²) in [6.07, 6.45) is 4.98. The predicted octanol–water partition coefficient (Wildman–Crippen LogP) is 1.78.